The highest BCUT2D eigenvalue weighted by Crippen LogP contribution is 2.53. The number of methoxy groups -OCH3 is 1. The van der Waals surface area contributed by atoms with Crippen LogP contribution in [-0.2, 0) is 10.2 Å². The molecule has 25 heavy (non-hydrogen) atoms. The second-order valence-corrected chi connectivity index (χ2v) is 7.35. The van der Waals surface area contributed by atoms with Crippen molar-refractivity contribution in [3.8, 4) is 5.75 Å². The van der Waals surface area contributed by atoms with Crippen LogP contribution in [0.1, 0.15) is 48.6 Å². The largest absolute Gasteiger partial charge is 0.496 e. The highest BCUT2D eigenvalue weighted by molar-refractivity contribution is 5.92. The maximum Gasteiger partial charge on any atom is 0.233 e. The summed E-state index contributed by atoms with van der Waals surface area (Å²) in [5.41, 5.74) is 2.82. The molecule has 132 valence electrons. The number of aryl methyl sites for hydroxylation is 1. The van der Waals surface area contributed by atoms with Crippen molar-refractivity contribution in [2.45, 2.75) is 43.9 Å². The molecule has 1 aromatic carbocycles. The van der Waals surface area contributed by atoms with Crippen LogP contribution in [0.2, 0.25) is 0 Å². The first-order valence-electron chi connectivity index (χ1n) is 9.09. The number of amides is 1. The lowest BCUT2D eigenvalue weighted by Crippen LogP contribution is -2.44. The molecule has 1 saturated carbocycles. The van der Waals surface area contributed by atoms with Gasteiger partial charge in [0.2, 0.25) is 5.91 Å². The van der Waals surface area contributed by atoms with Gasteiger partial charge < -0.3 is 9.64 Å². The van der Waals surface area contributed by atoms with Crippen LogP contribution in [0.25, 0.3) is 0 Å². The lowest BCUT2D eigenvalue weighted by molar-refractivity contribution is -0.135. The molecule has 2 heterocycles. The normalized spacial score (nSPS) is 21.8. The van der Waals surface area contributed by atoms with E-state index in [1.807, 2.05) is 31.2 Å². The Morgan fingerprint density at radius 2 is 2.16 bits per heavy atom. The molecule has 2 aliphatic rings. The maximum absolute atomic E-state index is 13.4. The van der Waals surface area contributed by atoms with Crippen molar-refractivity contribution in [1.82, 2.24) is 15.1 Å². The van der Waals surface area contributed by atoms with E-state index < -0.39 is 0 Å². The van der Waals surface area contributed by atoms with Crippen LogP contribution < -0.4 is 4.74 Å². The van der Waals surface area contributed by atoms with Crippen LogP contribution in [0.5, 0.6) is 5.75 Å². The van der Waals surface area contributed by atoms with Crippen molar-refractivity contribution in [3.63, 3.8) is 0 Å². The third-order valence-corrected chi connectivity index (χ3v) is 5.63. The minimum atomic E-state index is -0.379. The minimum absolute atomic E-state index is 0.258. The third-order valence-electron chi connectivity index (χ3n) is 5.63. The number of likely N-dealkylation sites (tertiary alicyclic amines) is 1. The molecule has 1 N–H and O–H groups in total. The van der Waals surface area contributed by atoms with Gasteiger partial charge in [0.1, 0.15) is 5.75 Å². The number of carbonyl (C=O) groups excluding carboxylic acids is 1. The number of aromatic nitrogens is 2. The molecular formula is C20H25N3O2. The zero-order chi connectivity index (χ0) is 17.4. The number of hydrogen-bond donors (Lipinski definition) is 1. The zero-order valence-electron chi connectivity index (χ0n) is 14.9. The van der Waals surface area contributed by atoms with E-state index in [2.05, 4.69) is 21.2 Å². The number of H-pyrrole nitrogens is 1. The fourth-order valence-corrected chi connectivity index (χ4v) is 4.12. The first kappa shape index (κ1) is 16.2. The highest BCUT2D eigenvalue weighted by Gasteiger charge is 2.54. The summed E-state index contributed by atoms with van der Waals surface area (Å²) in [6.07, 6.45) is 3.95. The molecule has 1 aromatic heterocycles. The molecule has 0 bridgehead atoms. The summed E-state index contributed by atoms with van der Waals surface area (Å²) in [6.45, 7) is 3.62. The average molecular weight is 339 g/mol. The van der Waals surface area contributed by atoms with E-state index in [1.54, 1.807) is 7.11 Å². The minimum Gasteiger partial charge on any atom is -0.496 e. The Kier molecular flexibility index (Phi) is 4.02. The third kappa shape index (κ3) is 2.81. The molecule has 0 radical (unpaired) electrons. The van der Waals surface area contributed by atoms with Crippen LogP contribution in [0.4, 0.5) is 0 Å². The van der Waals surface area contributed by atoms with Gasteiger partial charge in [-0.25, -0.2) is 0 Å². The number of hydrogen-bond acceptors (Lipinski definition) is 3. The number of carbonyl (C=O) groups is 1. The van der Waals surface area contributed by atoms with E-state index in [4.69, 9.17) is 4.74 Å². The molecule has 4 rings (SSSR count). The van der Waals surface area contributed by atoms with Crippen molar-refractivity contribution in [2.75, 3.05) is 20.2 Å². The van der Waals surface area contributed by atoms with Gasteiger partial charge in [-0.05, 0) is 44.7 Å². The molecule has 0 spiro atoms. The van der Waals surface area contributed by atoms with Gasteiger partial charge in [-0.1, -0.05) is 18.2 Å². The van der Waals surface area contributed by atoms with E-state index in [-0.39, 0.29) is 11.3 Å². The molecule has 2 aromatic rings. The molecule has 1 aliphatic carbocycles. The number of piperidine rings is 1. The number of benzene rings is 1. The topological polar surface area (TPSA) is 58.2 Å². The molecule has 2 fully saturated rings. The van der Waals surface area contributed by atoms with Crippen molar-refractivity contribution in [1.29, 1.82) is 0 Å². The number of aromatic amines is 1. The first-order chi connectivity index (χ1) is 12.1. The summed E-state index contributed by atoms with van der Waals surface area (Å²) in [7, 11) is 1.68. The summed E-state index contributed by atoms with van der Waals surface area (Å²) >= 11 is 0. The fourth-order valence-electron chi connectivity index (χ4n) is 4.12. The molecule has 5 heteroatoms. The predicted molar refractivity (Wildman–Crippen MR) is 95.8 cm³/mol. The molecule has 1 atom stereocenters. The molecule has 1 amide bonds. The van der Waals surface area contributed by atoms with Crippen molar-refractivity contribution < 1.29 is 9.53 Å². The van der Waals surface area contributed by atoms with Crippen LogP contribution in [-0.4, -0.2) is 41.2 Å². The predicted octanol–water partition coefficient (Wildman–Crippen LogP) is 3.16. The molecule has 0 unspecified atom stereocenters. The summed E-state index contributed by atoms with van der Waals surface area (Å²) in [5.74, 6) is 1.41. The average Bonchev–Trinajstić information content (AvgIpc) is 3.35. The van der Waals surface area contributed by atoms with E-state index in [1.165, 1.54) is 0 Å². The number of nitrogens with one attached hydrogen (secondary N) is 1. The molecule has 1 saturated heterocycles. The standard InChI is InChI=1S/C20H25N3O2/c1-14-12-17(22-21-14)15-6-5-11-23(13-15)19(24)20(9-10-20)16-7-3-4-8-18(16)25-2/h3-4,7-8,12,15H,5-6,9-11,13H2,1-2H3,(H,21,22)/t15-/m0/s1. The molecule has 1 aliphatic heterocycles. The Bertz CT molecular complexity index is 779. The molecular weight excluding hydrogens is 314 g/mol. The van der Waals surface area contributed by atoms with Gasteiger partial charge in [0.05, 0.1) is 18.2 Å². The van der Waals surface area contributed by atoms with Gasteiger partial charge in [-0.3, -0.25) is 9.89 Å². The number of nitrogens with zero attached hydrogens (tertiary/aromatic N) is 2. The van der Waals surface area contributed by atoms with Gasteiger partial charge in [0.25, 0.3) is 0 Å². The monoisotopic (exact) mass is 339 g/mol. The van der Waals surface area contributed by atoms with Crippen LogP contribution in [0.3, 0.4) is 0 Å². The highest BCUT2D eigenvalue weighted by atomic mass is 16.5. The quantitative estimate of drug-likeness (QED) is 0.931. The second-order valence-electron chi connectivity index (χ2n) is 7.35. The Morgan fingerprint density at radius 3 is 2.84 bits per heavy atom. The second kappa shape index (κ2) is 6.21. The lowest BCUT2D eigenvalue weighted by Gasteiger charge is -2.35. The van der Waals surface area contributed by atoms with E-state index in [9.17, 15) is 4.79 Å². The Labute approximate surface area is 148 Å². The van der Waals surface area contributed by atoms with Crippen molar-refractivity contribution >= 4 is 5.91 Å². The fraction of sp³-hybridized carbons (Fsp3) is 0.500. The summed E-state index contributed by atoms with van der Waals surface area (Å²) in [6, 6.07) is 10.1. The van der Waals surface area contributed by atoms with Gasteiger partial charge in [-0.2, -0.15) is 5.10 Å². The first-order valence-corrected chi connectivity index (χ1v) is 9.09. The molecule has 5 nitrogen and oxygen atoms in total. The van der Waals surface area contributed by atoms with Gasteiger partial charge in [-0.15, -0.1) is 0 Å². The number of para-hydroxylation sites is 1. The van der Waals surface area contributed by atoms with E-state index in [0.717, 1.165) is 61.5 Å². The SMILES string of the molecule is COc1ccccc1C1(C(=O)N2CCC[C@H](c3cc(C)[nH]n3)C2)CC1. The smallest absolute Gasteiger partial charge is 0.233 e. The Hall–Kier alpha value is -2.30. The van der Waals surface area contributed by atoms with Crippen molar-refractivity contribution in [2.24, 2.45) is 0 Å². The van der Waals surface area contributed by atoms with Crippen LogP contribution in [0.15, 0.2) is 30.3 Å². The number of rotatable bonds is 4. The Balaban J connectivity index is 1.56. The summed E-state index contributed by atoms with van der Waals surface area (Å²) in [5, 5.41) is 7.44. The maximum atomic E-state index is 13.4. The van der Waals surface area contributed by atoms with E-state index >= 15 is 0 Å². The Morgan fingerprint density at radius 1 is 1.36 bits per heavy atom. The summed E-state index contributed by atoms with van der Waals surface area (Å²) in [4.78, 5) is 15.4. The number of ether oxygens (including phenoxy) is 1. The van der Waals surface area contributed by atoms with Gasteiger partial charge >= 0.3 is 0 Å². The van der Waals surface area contributed by atoms with Gasteiger partial charge in [0.15, 0.2) is 0 Å². The van der Waals surface area contributed by atoms with E-state index in [0.29, 0.717) is 5.92 Å². The van der Waals surface area contributed by atoms with Gasteiger partial charge in [0, 0.05) is 30.3 Å². The zero-order valence-corrected chi connectivity index (χ0v) is 14.9. The van der Waals surface area contributed by atoms with Crippen LogP contribution >= 0.6 is 0 Å². The lowest BCUT2D eigenvalue weighted by atomic mass is 9.89. The van der Waals surface area contributed by atoms with Crippen molar-refractivity contribution in [3.05, 3.63) is 47.3 Å². The van der Waals surface area contributed by atoms with Crippen LogP contribution in [0, 0.1) is 6.92 Å². The summed E-state index contributed by atoms with van der Waals surface area (Å²) < 4.78 is 5.52.